The maximum atomic E-state index is 12.5. The van der Waals surface area contributed by atoms with Crippen LogP contribution in [-0.4, -0.2) is 28.8 Å². The van der Waals surface area contributed by atoms with Gasteiger partial charge in [-0.15, -0.1) is 0 Å². The van der Waals surface area contributed by atoms with Crippen LogP contribution in [0.3, 0.4) is 0 Å². The number of carboxylic acids is 1. The number of hydrogen-bond donors (Lipinski definition) is 2. The fraction of sp³-hybridized carbons (Fsp3) is 0.115. The highest BCUT2D eigenvalue weighted by Crippen LogP contribution is 2.33. The van der Waals surface area contributed by atoms with Gasteiger partial charge in [-0.05, 0) is 72.3 Å². The number of nitrogens with zero attached hydrogens (tertiary/aromatic N) is 1. The van der Waals surface area contributed by atoms with Crippen molar-refractivity contribution in [2.45, 2.75) is 13.5 Å². The average molecular weight is 509 g/mol. The molecule has 3 aromatic carbocycles. The van der Waals surface area contributed by atoms with Crippen molar-refractivity contribution in [1.29, 1.82) is 0 Å². The minimum absolute atomic E-state index is 0.0582. The second-order valence-electron chi connectivity index (χ2n) is 7.36. The summed E-state index contributed by atoms with van der Waals surface area (Å²) in [6.07, 6.45) is 1.72. The molecule has 0 saturated carbocycles. The van der Waals surface area contributed by atoms with E-state index in [-0.39, 0.29) is 17.2 Å². The van der Waals surface area contributed by atoms with E-state index in [0.29, 0.717) is 39.8 Å². The Kier molecular flexibility index (Phi) is 7.74. The molecule has 35 heavy (non-hydrogen) atoms. The van der Waals surface area contributed by atoms with Crippen LogP contribution in [0.1, 0.15) is 28.4 Å². The number of carboxylic acid groups (broad SMARTS) is 1. The molecule has 9 heteroatoms. The van der Waals surface area contributed by atoms with Crippen molar-refractivity contribution in [3.8, 4) is 11.5 Å². The van der Waals surface area contributed by atoms with Crippen molar-refractivity contribution in [3.05, 3.63) is 93.3 Å². The lowest BCUT2D eigenvalue weighted by Gasteiger charge is -2.13. The molecule has 1 fully saturated rings. The van der Waals surface area contributed by atoms with Gasteiger partial charge in [0.25, 0.3) is 5.91 Å². The fourth-order valence-electron chi connectivity index (χ4n) is 3.24. The van der Waals surface area contributed by atoms with Gasteiger partial charge < -0.3 is 19.9 Å². The lowest BCUT2D eigenvalue weighted by Crippen LogP contribution is -2.19. The van der Waals surface area contributed by atoms with Gasteiger partial charge in [0.1, 0.15) is 6.61 Å². The zero-order chi connectivity index (χ0) is 24.8. The number of hydrogen-bond acceptors (Lipinski definition) is 6. The summed E-state index contributed by atoms with van der Waals surface area (Å²) in [5.74, 6) is -0.261. The molecule has 0 atom stereocenters. The predicted molar refractivity (Wildman–Crippen MR) is 138 cm³/mol. The average Bonchev–Trinajstić information content (AvgIpc) is 3.18. The molecule has 1 saturated heterocycles. The standard InChI is InChI=1S/C26H21ClN2O5S/c1-2-33-22-13-17(9-12-21(22)34-15-16-7-10-18(27)11-8-16)14-23-24(30)29-26(35-23)28-20-6-4-3-5-19(20)25(31)32/h3-14H,2,15H2,1H3,(H,31,32)(H,28,29,30)/b23-14-. The van der Waals surface area contributed by atoms with Gasteiger partial charge in [0, 0.05) is 5.02 Å². The normalized spacial score (nSPS) is 15.3. The zero-order valence-corrected chi connectivity index (χ0v) is 20.2. The Morgan fingerprint density at radius 1 is 1.09 bits per heavy atom. The molecule has 3 aromatic rings. The maximum Gasteiger partial charge on any atom is 0.337 e. The molecule has 0 unspecified atom stereocenters. The van der Waals surface area contributed by atoms with E-state index in [9.17, 15) is 14.7 Å². The lowest BCUT2D eigenvalue weighted by atomic mass is 10.2. The third-order valence-electron chi connectivity index (χ3n) is 4.88. The quantitative estimate of drug-likeness (QED) is 0.367. The van der Waals surface area contributed by atoms with E-state index in [1.807, 2.05) is 25.1 Å². The van der Waals surface area contributed by atoms with Crippen molar-refractivity contribution < 1.29 is 24.2 Å². The number of thioether (sulfide) groups is 1. The van der Waals surface area contributed by atoms with Crippen LogP contribution in [0.25, 0.3) is 6.08 Å². The summed E-state index contributed by atoms with van der Waals surface area (Å²) in [4.78, 5) is 28.7. The van der Waals surface area contributed by atoms with Crippen molar-refractivity contribution in [2.75, 3.05) is 6.61 Å². The first-order chi connectivity index (χ1) is 16.9. The molecule has 1 heterocycles. The maximum absolute atomic E-state index is 12.5. The van der Waals surface area contributed by atoms with Gasteiger partial charge in [0.2, 0.25) is 0 Å². The number of nitrogens with one attached hydrogen (secondary N) is 1. The Hall–Kier alpha value is -3.75. The number of amidine groups is 1. The summed E-state index contributed by atoms with van der Waals surface area (Å²) in [5, 5.41) is 13.0. The summed E-state index contributed by atoms with van der Waals surface area (Å²) >= 11 is 7.07. The van der Waals surface area contributed by atoms with Gasteiger partial charge in [0.05, 0.1) is 22.8 Å². The first kappa shape index (κ1) is 24.4. The van der Waals surface area contributed by atoms with E-state index in [1.165, 1.54) is 6.07 Å². The van der Waals surface area contributed by atoms with Crippen LogP contribution in [0.4, 0.5) is 5.69 Å². The molecule has 1 aliphatic heterocycles. The van der Waals surface area contributed by atoms with E-state index >= 15 is 0 Å². The van der Waals surface area contributed by atoms with Gasteiger partial charge in [-0.25, -0.2) is 9.79 Å². The number of aliphatic imine (C=N–C) groups is 1. The second kappa shape index (κ2) is 11.1. The molecule has 4 rings (SSSR count). The van der Waals surface area contributed by atoms with Crippen LogP contribution in [0.5, 0.6) is 11.5 Å². The summed E-state index contributed by atoms with van der Waals surface area (Å²) in [6.45, 7) is 2.69. The van der Waals surface area contributed by atoms with Gasteiger partial charge in [-0.2, -0.15) is 0 Å². The van der Waals surface area contributed by atoms with Crippen molar-refractivity contribution in [3.63, 3.8) is 0 Å². The lowest BCUT2D eigenvalue weighted by molar-refractivity contribution is -0.115. The van der Waals surface area contributed by atoms with Gasteiger partial charge in [0.15, 0.2) is 16.7 Å². The first-order valence-electron chi connectivity index (χ1n) is 10.7. The molecule has 0 radical (unpaired) electrons. The largest absolute Gasteiger partial charge is 0.490 e. The number of benzene rings is 3. The number of carbonyl (C=O) groups is 2. The third-order valence-corrected chi connectivity index (χ3v) is 6.04. The number of carbonyl (C=O) groups excluding carboxylic acids is 1. The fourth-order valence-corrected chi connectivity index (χ4v) is 4.20. The molecule has 7 nitrogen and oxygen atoms in total. The third kappa shape index (κ3) is 6.23. The summed E-state index contributed by atoms with van der Waals surface area (Å²) in [5.41, 5.74) is 2.04. The van der Waals surface area contributed by atoms with E-state index in [4.69, 9.17) is 21.1 Å². The van der Waals surface area contributed by atoms with Crippen molar-refractivity contribution in [1.82, 2.24) is 5.32 Å². The molecular weight excluding hydrogens is 488 g/mol. The zero-order valence-electron chi connectivity index (χ0n) is 18.7. The molecule has 2 N–H and O–H groups in total. The second-order valence-corrected chi connectivity index (χ2v) is 8.83. The Balaban J connectivity index is 1.52. The van der Waals surface area contributed by atoms with Gasteiger partial charge in [-0.3, -0.25) is 4.79 Å². The van der Waals surface area contributed by atoms with Crippen LogP contribution in [0.15, 0.2) is 76.6 Å². The molecule has 178 valence electrons. The number of ether oxygens (including phenoxy) is 2. The highest BCUT2D eigenvalue weighted by molar-refractivity contribution is 8.18. The SMILES string of the molecule is CCOc1cc(/C=C2\SC(=Nc3ccccc3C(=O)O)NC2=O)ccc1OCc1ccc(Cl)cc1. The van der Waals surface area contributed by atoms with Crippen LogP contribution in [-0.2, 0) is 11.4 Å². The van der Waals surface area contributed by atoms with Crippen LogP contribution in [0.2, 0.25) is 5.02 Å². The van der Waals surface area contributed by atoms with Crippen LogP contribution < -0.4 is 14.8 Å². The molecule has 1 amide bonds. The minimum atomic E-state index is -1.09. The summed E-state index contributed by atoms with van der Waals surface area (Å²) < 4.78 is 11.7. The Labute approximate surface area is 211 Å². The van der Waals surface area contributed by atoms with Crippen molar-refractivity contribution >= 4 is 52.2 Å². The molecular formula is C26H21ClN2O5S. The van der Waals surface area contributed by atoms with Gasteiger partial charge in [-0.1, -0.05) is 41.9 Å². The Morgan fingerprint density at radius 2 is 1.86 bits per heavy atom. The van der Waals surface area contributed by atoms with E-state index in [1.54, 1.807) is 48.5 Å². The van der Waals surface area contributed by atoms with Gasteiger partial charge >= 0.3 is 5.97 Å². The Bertz CT molecular complexity index is 1320. The first-order valence-corrected chi connectivity index (χ1v) is 11.9. The van der Waals surface area contributed by atoms with E-state index in [0.717, 1.165) is 22.9 Å². The van der Waals surface area contributed by atoms with Crippen molar-refractivity contribution in [2.24, 2.45) is 4.99 Å². The smallest absolute Gasteiger partial charge is 0.337 e. The number of rotatable bonds is 8. The molecule has 1 aliphatic rings. The van der Waals surface area contributed by atoms with Crippen LogP contribution >= 0.6 is 23.4 Å². The number of aromatic carboxylic acids is 1. The molecule has 0 aromatic heterocycles. The molecule has 0 bridgehead atoms. The highest BCUT2D eigenvalue weighted by atomic mass is 35.5. The van der Waals surface area contributed by atoms with E-state index < -0.39 is 5.97 Å². The topological polar surface area (TPSA) is 97.2 Å². The van der Waals surface area contributed by atoms with E-state index in [2.05, 4.69) is 10.3 Å². The number of para-hydroxylation sites is 1. The minimum Gasteiger partial charge on any atom is -0.490 e. The van der Waals surface area contributed by atoms with Crippen LogP contribution in [0, 0.1) is 0 Å². The molecule has 0 aliphatic carbocycles. The Morgan fingerprint density at radius 3 is 2.60 bits per heavy atom. The highest BCUT2D eigenvalue weighted by Gasteiger charge is 2.24. The predicted octanol–water partition coefficient (Wildman–Crippen LogP) is 5.91. The summed E-state index contributed by atoms with van der Waals surface area (Å²) in [6, 6.07) is 19.2. The monoisotopic (exact) mass is 508 g/mol. The number of amides is 1. The molecule has 0 spiro atoms. The summed E-state index contributed by atoms with van der Waals surface area (Å²) in [7, 11) is 0. The number of halogens is 1.